The van der Waals surface area contributed by atoms with E-state index in [1.807, 2.05) is 6.92 Å². The monoisotopic (exact) mass is 296 g/mol. The number of nitrogens with zero attached hydrogens (tertiary/aromatic N) is 2. The molecule has 1 amide bonds. The first-order valence-corrected chi connectivity index (χ1v) is 8.12. The summed E-state index contributed by atoms with van der Waals surface area (Å²) < 4.78 is 0. The Hall–Kier alpha value is -0.980. The Balaban J connectivity index is 1.72. The maximum atomic E-state index is 12.0. The van der Waals surface area contributed by atoms with Crippen LogP contribution >= 0.6 is 11.3 Å². The number of likely N-dealkylation sites (tertiary alicyclic amines) is 1. The van der Waals surface area contributed by atoms with E-state index in [4.69, 9.17) is 5.73 Å². The van der Waals surface area contributed by atoms with Gasteiger partial charge in [0.15, 0.2) is 0 Å². The van der Waals surface area contributed by atoms with Gasteiger partial charge in [-0.25, -0.2) is 4.98 Å². The van der Waals surface area contributed by atoms with E-state index in [1.54, 1.807) is 5.38 Å². The number of aromatic nitrogens is 1. The largest absolute Gasteiger partial charge is 0.351 e. The van der Waals surface area contributed by atoms with E-state index < -0.39 is 0 Å². The van der Waals surface area contributed by atoms with E-state index in [-0.39, 0.29) is 11.9 Å². The second-order valence-corrected chi connectivity index (χ2v) is 6.54. The molecule has 0 saturated carbocycles. The van der Waals surface area contributed by atoms with Crippen molar-refractivity contribution in [1.29, 1.82) is 0 Å². The number of piperidine rings is 1. The Morgan fingerprint density at radius 2 is 2.30 bits per heavy atom. The molecule has 0 bridgehead atoms. The van der Waals surface area contributed by atoms with Crippen molar-refractivity contribution >= 4 is 17.2 Å². The molecule has 0 spiro atoms. The van der Waals surface area contributed by atoms with Gasteiger partial charge in [0.1, 0.15) is 10.7 Å². The maximum absolute atomic E-state index is 12.0. The predicted molar refractivity (Wildman–Crippen MR) is 81.9 cm³/mol. The zero-order valence-corrected chi connectivity index (χ0v) is 13.1. The van der Waals surface area contributed by atoms with Crippen molar-refractivity contribution in [3.63, 3.8) is 0 Å². The summed E-state index contributed by atoms with van der Waals surface area (Å²) in [4.78, 5) is 18.6. The van der Waals surface area contributed by atoms with Gasteiger partial charge in [-0.15, -0.1) is 11.3 Å². The summed E-state index contributed by atoms with van der Waals surface area (Å²) in [6.45, 7) is 4.95. The molecule has 1 unspecified atom stereocenters. The summed E-state index contributed by atoms with van der Waals surface area (Å²) in [5.74, 6) is 0.655. The summed E-state index contributed by atoms with van der Waals surface area (Å²) in [6.07, 6.45) is 3.53. The summed E-state index contributed by atoms with van der Waals surface area (Å²) in [6, 6.07) is -0.110. The molecule has 1 aromatic rings. The third kappa shape index (κ3) is 4.26. The minimum Gasteiger partial charge on any atom is -0.351 e. The fourth-order valence-corrected chi connectivity index (χ4v) is 3.19. The first-order chi connectivity index (χ1) is 9.56. The predicted octanol–water partition coefficient (Wildman–Crippen LogP) is 1.62. The highest BCUT2D eigenvalue weighted by molar-refractivity contribution is 7.09. The number of hydrogen-bond acceptors (Lipinski definition) is 5. The van der Waals surface area contributed by atoms with Crippen molar-refractivity contribution in [2.75, 3.05) is 26.7 Å². The zero-order chi connectivity index (χ0) is 14.5. The Morgan fingerprint density at radius 3 is 2.90 bits per heavy atom. The Bertz CT molecular complexity index is 438. The van der Waals surface area contributed by atoms with Crippen LogP contribution in [0.5, 0.6) is 0 Å². The smallest absolute Gasteiger partial charge is 0.270 e. The van der Waals surface area contributed by atoms with Crippen LogP contribution < -0.4 is 11.1 Å². The fraction of sp³-hybridized carbons (Fsp3) is 0.714. The molecule has 112 valence electrons. The van der Waals surface area contributed by atoms with Gasteiger partial charge < -0.3 is 16.0 Å². The molecule has 2 heterocycles. The molecule has 5 nitrogen and oxygen atoms in total. The van der Waals surface area contributed by atoms with E-state index in [9.17, 15) is 4.79 Å². The third-order valence-electron chi connectivity index (χ3n) is 3.82. The number of nitrogens with one attached hydrogen (secondary N) is 1. The van der Waals surface area contributed by atoms with Crippen molar-refractivity contribution in [2.24, 2.45) is 11.7 Å². The number of nitrogens with two attached hydrogens (primary N) is 1. The lowest BCUT2D eigenvalue weighted by molar-refractivity contribution is 0.0944. The lowest BCUT2D eigenvalue weighted by Crippen LogP contribution is -2.32. The maximum Gasteiger partial charge on any atom is 0.270 e. The van der Waals surface area contributed by atoms with Crippen LogP contribution in [0.25, 0.3) is 0 Å². The molecule has 1 aromatic heterocycles. The average molecular weight is 296 g/mol. The van der Waals surface area contributed by atoms with Crippen LogP contribution in [0.4, 0.5) is 0 Å². The molecule has 1 fully saturated rings. The molecule has 20 heavy (non-hydrogen) atoms. The average Bonchev–Trinajstić information content (AvgIpc) is 2.91. The lowest BCUT2D eigenvalue weighted by Gasteiger charge is -2.28. The third-order valence-corrected chi connectivity index (χ3v) is 4.87. The summed E-state index contributed by atoms with van der Waals surface area (Å²) in [5.41, 5.74) is 6.24. The quantitative estimate of drug-likeness (QED) is 0.866. The molecular weight excluding hydrogens is 272 g/mol. The molecule has 2 rings (SSSR count). The highest BCUT2D eigenvalue weighted by atomic mass is 32.1. The van der Waals surface area contributed by atoms with Crippen LogP contribution in [0.3, 0.4) is 0 Å². The number of amides is 1. The molecular formula is C14H24N4OS. The van der Waals surface area contributed by atoms with Crippen LogP contribution in [0.15, 0.2) is 5.38 Å². The molecule has 0 aromatic carbocycles. The number of carbonyl (C=O) groups is 1. The highest BCUT2D eigenvalue weighted by Gasteiger charge is 2.17. The Labute approximate surface area is 124 Å². The molecule has 1 aliphatic heterocycles. The van der Waals surface area contributed by atoms with Crippen molar-refractivity contribution < 1.29 is 4.79 Å². The molecule has 1 aliphatic rings. The van der Waals surface area contributed by atoms with Crippen molar-refractivity contribution in [2.45, 2.75) is 32.2 Å². The van der Waals surface area contributed by atoms with Gasteiger partial charge in [-0.2, -0.15) is 0 Å². The number of rotatable bonds is 5. The van der Waals surface area contributed by atoms with E-state index >= 15 is 0 Å². The topological polar surface area (TPSA) is 71.2 Å². The number of thiazole rings is 1. The number of carbonyl (C=O) groups excluding carboxylic acids is 1. The van der Waals surface area contributed by atoms with Crippen LogP contribution in [0.2, 0.25) is 0 Å². The second-order valence-electron chi connectivity index (χ2n) is 5.65. The molecule has 6 heteroatoms. The minimum absolute atomic E-state index is 0.0823. The molecule has 3 N–H and O–H groups in total. The van der Waals surface area contributed by atoms with Crippen molar-refractivity contribution in [1.82, 2.24) is 15.2 Å². The van der Waals surface area contributed by atoms with Gasteiger partial charge in [0.05, 0.1) is 6.04 Å². The first kappa shape index (κ1) is 15.4. The SMILES string of the molecule is CC(N)c1nc(C(=O)NCCC2CCN(C)CC2)cs1. The van der Waals surface area contributed by atoms with Crippen LogP contribution in [-0.2, 0) is 0 Å². The van der Waals surface area contributed by atoms with Gasteiger partial charge in [0.25, 0.3) is 5.91 Å². The zero-order valence-electron chi connectivity index (χ0n) is 12.3. The molecule has 0 aliphatic carbocycles. The molecule has 1 atom stereocenters. The van der Waals surface area contributed by atoms with E-state index in [0.29, 0.717) is 5.69 Å². The van der Waals surface area contributed by atoms with Crippen molar-refractivity contribution in [3.8, 4) is 0 Å². The second kappa shape index (κ2) is 7.15. The van der Waals surface area contributed by atoms with Gasteiger partial charge in [0, 0.05) is 11.9 Å². The van der Waals surface area contributed by atoms with Crippen LogP contribution in [0, 0.1) is 5.92 Å². The lowest BCUT2D eigenvalue weighted by atomic mass is 9.94. The standard InChI is InChI=1S/C14H24N4OS/c1-10(15)14-17-12(9-20-14)13(19)16-6-3-11-4-7-18(2)8-5-11/h9-11H,3-8,15H2,1-2H3,(H,16,19). The van der Waals surface area contributed by atoms with Crippen LogP contribution in [-0.4, -0.2) is 42.5 Å². The normalized spacial score (nSPS) is 18.9. The van der Waals surface area contributed by atoms with E-state index in [2.05, 4.69) is 22.2 Å². The van der Waals surface area contributed by atoms with E-state index in [1.165, 1.54) is 37.3 Å². The minimum atomic E-state index is -0.110. The van der Waals surface area contributed by atoms with Gasteiger partial charge in [-0.05, 0) is 52.2 Å². The Morgan fingerprint density at radius 1 is 1.60 bits per heavy atom. The van der Waals surface area contributed by atoms with E-state index in [0.717, 1.165) is 23.9 Å². The molecule has 0 radical (unpaired) electrons. The summed E-state index contributed by atoms with van der Waals surface area (Å²) in [7, 11) is 2.16. The molecule has 1 saturated heterocycles. The highest BCUT2D eigenvalue weighted by Crippen LogP contribution is 2.19. The summed E-state index contributed by atoms with van der Waals surface area (Å²) in [5, 5.41) is 5.55. The fourth-order valence-electron chi connectivity index (χ4n) is 2.43. The first-order valence-electron chi connectivity index (χ1n) is 7.24. The Kier molecular flexibility index (Phi) is 5.51. The van der Waals surface area contributed by atoms with Crippen LogP contribution in [0.1, 0.15) is 47.7 Å². The number of hydrogen-bond donors (Lipinski definition) is 2. The van der Waals surface area contributed by atoms with Gasteiger partial charge in [-0.1, -0.05) is 0 Å². The van der Waals surface area contributed by atoms with Gasteiger partial charge in [-0.3, -0.25) is 4.79 Å². The van der Waals surface area contributed by atoms with Gasteiger partial charge in [0.2, 0.25) is 0 Å². The summed E-state index contributed by atoms with van der Waals surface area (Å²) >= 11 is 1.45. The van der Waals surface area contributed by atoms with Crippen molar-refractivity contribution in [3.05, 3.63) is 16.1 Å². The van der Waals surface area contributed by atoms with Gasteiger partial charge >= 0.3 is 0 Å².